The summed E-state index contributed by atoms with van der Waals surface area (Å²) in [5, 5.41) is 9.83. The Balaban J connectivity index is 2.55. The quantitative estimate of drug-likeness (QED) is 0.879. The van der Waals surface area contributed by atoms with Crippen LogP contribution in [0.5, 0.6) is 11.5 Å². The molecule has 0 atom stereocenters. The van der Waals surface area contributed by atoms with Gasteiger partial charge < -0.3 is 9.84 Å². The maximum Gasteiger partial charge on any atom is 0.125 e. The lowest BCUT2D eigenvalue weighted by atomic mass is 10.0. The maximum atomic E-state index is 13.2. The lowest BCUT2D eigenvalue weighted by Crippen LogP contribution is -1.85. The number of rotatable bonds is 2. The minimum absolute atomic E-state index is 0.0553. The Morgan fingerprint density at radius 3 is 2.41 bits per heavy atom. The lowest BCUT2D eigenvalue weighted by molar-refractivity contribution is 0.408. The van der Waals surface area contributed by atoms with Crippen molar-refractivity contribution in [2.24, 2.45) is 0 Å². The molecule has 17 heavy (non-hydrogen) atoms. The minimum atomic E-state index is -0.421. The maximum absolute atomic E-state index is 13.2. The first-order valence-electron chi connectivity index (χ1n) is 4.93. The number of methoxy groups -OCH3 is 1. The first kappa shape index (κ1) is 11.7. The Morgan fingerprint density at radius 2 is 1.76 bits per heavy atom. The zero-order chi connectivity index (χ0) is 12.4. The molecule has 0 spiro atoms. The fourth-order valence-corrected chi connectivity index (χ4v) is 1.81. The first-order valence-corrected chi connectivity index (χ1v) is 5.31. The van der Waals surface area contributed by atoms with Crippen LogP contribution in [0.1, 0.15) is 0 Å². The molecule has 0 bridgehead atoms. The molecule has 0 unspecified atom stereocenters. The second-order valence-corrected chi connectivity index (χ2v) is 4.01. The van der Waals surface area contributed by atoms with Crippen molar-refractivity contribution in [1.82, 2.24) is 0 Å². The molecule has 4 heteroatoms. The summed E-state index contributed by atoms with van der Waals surface area (Å²) in [6.45, 7) is 0. The molecule has 0 saturated heterocycles. The lowest BCUT2D eigenvalue weighted by Gasteiger charge is -2.07. The smallest absolute Gasteiger partial charge is 0.125 e. The number of halogens is 2. The molecule has 0 amide bonds. The zero-order valence-electron chi connectivity index (χ0n) is 9.08. The molecule has 2 aromatic carbocycles. The van der Waals surface area contributed by atoms with Gasteiger partial charge in [0.2, 0.25) is 0 Å². The summed E-state index contributed by atoms with van der Waals surface area (Å²) in [4.78, 5) is 0. The fourth-order valence-electron chi connectivity index (χ4n) is 1.59. The normalized spacial score (nSPS) is 10.3. The molecule has 0 fully saturated rings. The standard InChI is InChI=1S/C13H10ClFO2/c1-17-13-5-9(4-12(16)7-13)8-2-10(14)6-11(15)3-8/h2-7,16H,1H3. The molecule has 0 aliphatic rings. The van der Waals surface area contributed by atoms with E-state index in [0.717, 1.165) is 0 Å². The molecular weight excluding hydrogens is 243 g/mol. The van der Waals surface area contributed by atoms with Crippen molar-refractivity contribution in [3.05, 3.63) is 47.2 Å². The number of hydrogen-bond donors (Lipinski definition) is 1. The van der Waals surface area contributed by atoms with Gasteiger partial charge in [0.25, 0.3) is 0 Å². The summed E-state index contributed by atoms with van der Waals surface area (Å²) >= 11 is 5.78. The predicted octanol–water partition coefficient (Wildman–Crippen LogP) is 3.86. The van der Waals surface area contributed by atoms with Crippen molar-refractivity contribution in [1.29, 1.82) is 0 Å². The summed E-state index contributed by atoms with van der Waals surface area (Å²) in [6, 6.07) is 8.90. The van der Waals surface area contributed by atoms with Crippen LogP contribution in [0.4, 0.5) is 4.39 Å². The monoisotopic (exact) mass is 252 g/mol. The number of hydrogen-bond acceptors (Lipinski definition) is 2. The van der Waals surface area contributed by atoms with E-state index in [1.54, 1.807) is 12.1 Å². The van der Waals surface area contributed by atoms with Crippen LogP contribution < -0.4 is 4.74 Å². The third-order valence-electron chi connectivity index (χ3n) is 2.32. The Hall–Kier alpha value is -1.74. The van der Waals surface area contributed by atoms with Gasteiger partial charge in [-0.25, -0.2) is 4.39 Å². The van der Waals surface area contributed by atoms with Crippen molar-refractivity contribution in [3.63, 3.8) is 0 Å². The Bertz CT molecular complexity index is 535. The molecule has 88 valence electrons. The third-order valence-corrected chi connectivity index (χ3v) is 2.54. The van der Waals surface area contributed by atoms with Crippen LogP contribution in [-0.4, -0.2) is 12.2 Å². The molecule has 0 heterocycles. The van der Waals surface area contributed by atoms with Crippen LogP contribution >= 0.6 is 11.6 Å². The van der Waals surface area contributed by atoms with Gasteiger partial charge in [0, 0.05) is 11.1 Å². The molecule has 0 radical (unpaired) electrons. The van der Waals surface area contributed by atoms with Crippen LogP contribution in [0.3, 0.4) is 0 Å². The zero-order valence-corrected chi connectivity index (χ0v) is 9.83. The van der Waals surface area contributed by atoms with Crippen LogP contribution in [0.2, 0.25) is 5.02 Å². The highest BCUT2D eigenvalue weighted by atomic mass is 35.5. The van der Waals surface area contributed by atoms with Crippen LogP contribution in [-0.2, 0) is 0 Å². The molecule has 0 aliphatic heterocycles. The average Bonchev–Trinajstić information content (AvgIpc) is 2.26. The van der Waals surface area contributed by atoms with Gasteiger partial charge in [-0.05, 0) is 41.5 Å². The van der Waals surface area contributed by atoms with Gasteiger partial charge in [-0.3, -0.25) is 0 Å². The van der Waals surface area contributed by atoms with Crippen LogP contribution in [0, 0.1) is 5.82 Å². The predicted molar refractivity (Wildman–Crippen MR) is 65.1 cm³/mol. The average molecular weight is 253 g/mol. The molecule has 0 aliphatic carbocycles. The van der Waals surface area contributed by atoms with Crippen LogP contribution in [0.15, 0.2) is 36.4 Å². The second kappa shape index (κ2) is 4.63. The highest BCUT2D eigenvalue weighted by molar-refractivity contribution is 6.30. The third kappa shape index (κ3) is 2.68. The molecule has 0 saturated carbocycles. The summed E-state index contributed by atoms with van der Waals surface area (Å²) in [6.07, 6.45) is 0. The van der Waals surface area contributed by atoms with E-state index in [1.807, 2.05) is 0 Å². The Labute approximate surface area is 103 Å². The molecule has 1 N–H and O–H groups in total. The van der Waals surface area contributed by atoms with E-state index in [9.17, 15) is 9.50 Å². The van der Waals surface area contributed by atoms with Gasteiger partial charge in [0.1, 0.15) is 17.3 Å². The van der Waals surface area contributed by atoms with E-state index in [4.69, 9.17) is 16.3 Å². The van der Waals surface area contributed by atoms with Crippen molar-refractivity contribution < 1.29 is 14.2 Å². The van der Waals surface area contributed by atoms with Gasteiger partial charge in [0.15, 0.2) is 0 Å². The SMILES string of the molecule is COc1cc(O)cc(-c2cc(F)cc(Cl)c2)c1. The Morgan fingerprint density at radius 1 is 1.06 bits per heavy atom. The minimum Gasteiger partial charge on any atom is -0.508 e. The van der Waals surface area contributed by atoms with Crippen LogP contribution in [0.25, 0.3) is 11.1 Å². The van der Waals surface area contributed by atoms with E-state index in [2.05, 4.69) is 0 Å². The highest BCUT2D eigenvalue weighted by Gasteiger charge is 2.05. The summed E-state index contributed by atoms with van der Waals surface area (Å²) in [5.41, 5.74) is 1.23. The summed E-state index contributed by atoms with van der Waals surface area (Å²) < 4.78 is 18.2. The topological polar surface area (TPSA) is 29.5 Å². The number of ether oxygens (including phenoxy) is 1. The fraction of sp³-hybridized carbons (Fsp3) is 0.0769. The van der Waals surface area contributed by atoms with E-state index in [1.165, 1.54) is 31.4 Å². The number of aromatic hydroxyl groups is 1. The van der Waals surface area contributed by atoms with Crippen molar-refractivity contribution in [2.75, 3.05) is 7.11 Å². The molecular formula is C13H10ClFO2. The van der Waals surface area contributed by atoms with E-state index in [0.29, 0.717) is 21.9 Å². The largest absolute Gasteiger partial charge is 0.508 e. The van der Waals surface area contributed by atoms with E-state index < -0.39 is 5.82 Å². The van der Waals surface area contributed by atoms with E-state index >= 15 is 0 Å². The first-order chi connectivity index (χ1) is 8.08. The summed E-state index contributed by atoms with van der Waals surface area (Å²) in [5.74, 6) is 0.134. The van der Waals surface area contributed by atoms with Crippen molar-refractivity contribution in [2.45, 2.75) is 0 Å². The molecule has 2 rings (SSSR count). The van der Waals surface area contributed by atoms with Gasteiger partial charge in [-0.2, -0.15) is 0 Å². The van der Waals surface area contributed by atoms with Gasteiger partial charge in [0.05, 0.1) is 7.11 Å². The number of phenols is 1. The van der Waals surface area contributed by atoms with Gasteiger partial charge >= 0.3 is 0 Å². The molecule has 2 nitrogen and oxygen atoms in total. The second-order valence-electron chi connectivity index (χ2n) is 3.58. The number of phenolic OH excluding ortho intramolecular Hbond substituents is 1. The van der Waals surface area contributed by atoms with Gasteiger partial charge in [-0.1, -0.05) is 11.6 Å². The van der Waals surface area contributed by atoms with E-state index in [-0.39, 0.29) is 5.75 Å². The van der Waals surface area contributed by atoms with Crippen molar-refractivity contribution in [3.8, 4) is 22.6 Å². The summed E-state index contributed by atoms with van der Waals surface area (Å²) in [7, 11) is 1.50. The molecule has 0 aromatic heterocycles. The van der Waals surface area contributed by atoms with Crippen molar-refractivity contribution >= 4 is 11.6 Å². The Kier molecular flexibility index (Phi) is 3.20. The van der Waals surface area contributed by atoms with Gasteiger partial charge in [-0.15, -0.1) is 0 Å². The molecule has 2 aromatic rings. The highest BCUT2D eigenvalue weighted by Crippen LogP contribution is 2.30. The number of benzene rings is 2.